The highest BCUT2D eigenvalue weighted by Crippen LogP contribution is 2.43. The van der Waals surface area contributed by atoms with Crippen molar-refractivity contribution in [2.45, 2.75) is 39.3 Å². The number of nitrogens with zero attached hydrogens (tertiary/aromatic N) is 2. The average molecular weight is 413 g/mol. The molecule has 0 aliphatic carbocycles. The maximum atomic E-state index is 13.4. The van der Waals surface area contributed by atoms with Gasteiger partial charge in [0.2, 0.25) is 5.91 Å². The van der Waals surface area contributed by atoms with Crippen molar-refractivity contribution in [2.24, 2.45) is 5.92 Å². The van der Waals surface area contributed by atoms with E-state index in [-0.39, 0.29) is 29.8 Å². The maximum Gasteiger partial charge on any atom is 0.258 e. The molecule has 4 rings (SSSR count). The van der Waals surface area contributed by atoms with E-state index in [1.165, 1.54) is 0 Å². The second kappa shape index (κ2) is 8.76. The lowest BCUT2D eigenvalue weighted by Gasteiger charge is -2.44. The van der Waals surface area contributed by atoms with Crippen LogP contribution in [0.1, 0.15) is 49.2 Å². The summed E-state index contributed by atoms with van der Waals surface area (Å²) >= 11 is 0. The maximum absolute atomic E-state index is 13.4. The van der Waals surface area contributed by atoms with Crippen molar-refractivity contribution in [1.29, 1.82) is 0 Å². The van der Waals surface area contributed by atoms with Gasteiger partial charge in [0.25, 0.3) is 5.91 Å². The summed E-state index contributed by atoms with van der Waals surface area (Å²) < 4.78 is 0. The molecule has 0 saturated carbocycles. The van der Waals surface area contributed by atoms with Crippen molar-refractivity contribution in [1.82, 2.24) is 0 Å². The molecule has 0 fully saturated rings. The molecule has 3 aromatic carbocycles. The minimum atomic E-state index is -0.136. The van der Waals surface area contributed by atoms with Crippen molar-refractivity contribution in [2.75, 3.05) is 9.80 Å². The van der Waals surface area contributed by atoms with Crippen molar-refractivity contribution >= 4 is 23.2 Å². The molecule has 3 aromatic rings. The van der Waals surface area contributed by atoms with E-state index in [2.05, 4.69) is 6.92 Å². The average Bonchev–Trinajstić information content (AvgIpc) is 2.80. The zero-order chi connectivity index (χ0) is 22.0. The Morgan fingerprint density at radius 1 is 0.871 bits per heavy atom. The summed E-state index contributed by atoms with van der Waals surface area (Å²) in [4.78, 5) is 30.5. The zero-order valence-electron chi connectivity index (χ0n) is 18.2. The third kappa shape index (κ3) is 3.98. The highest BCUT2D eigenvalue weighted by atomic mass is 16.2. The van der Waals surface area contributed by atoms with E-state index in [0.29, 0.717) is 12.0 Å². The molecule has 1 heterocycles. The number of rotatable bonds is 4. The number of amides is 2. The first-order valence-electron chi connectivity index (χ1n) is 10.8. The lowest BCUT2D eigenvalue weighted by Crippen LogP contribution is -2.48. The summed E-state index contributed by atoms with van der Waals surface area (Å²) in [5.41, 5.74) is 3.43. The minimum Gasteiger partial charge on any atom is -0.305 e. The number of carbonyl (C=O) groups excluding carboxylic acids is 2. The molecular formula is C27H28N2O2. The smallest absolute Gasteiger partial charge is 0.258 e. The molecule has 31 heavy (non-hydrogen) atoms. The lowest BCUT2D eigenvalue weighted by atomic mass is 9.89. The van der Waals surface area contributed by atoms with Crippen molar-refractivity contribution in [3.63, 3.8) is 0 Å². The van der Waals surface area contributed by atoms with Gasteiger partial charge in [0.05, 0.1) is 6.04 Å². The van der Waals surface area contributed by atoms with Gasteiger partial charge in [-0.3, -0.25) is 9.59 Å². The SMILES string of the molecule is CC(C)C(=O)N(c1ccccc1)[C@H]1C[C@@H](C)N(C(=O)c2ccccc2)c2ccccc21. The van der Waals surface area contributed by atoms with Crippen molar-refractivity contribution < 1.29 is 9.59 Å². The van der Waals surface area contributed by atoms with Gasteiger partial charge in [-0.25, -0.2) is 0 Å². The van der Waals surface area contributed by atoms with E-state index < -0.39 is 0 Å². The number of hydrogen-bond donors (Lipinski definition) is 0. The predicted octanol–water partition coefficient (Wildman–Crippen LogP) is 5.86. The molecule has 0 bridgehead atoms. The van der Waals surface area contributed by atoms with Crippen LogP contribution in [-0.2, 0) is 4.79 Å². The van der Waals surface area contributed by atoms with Crippen LogP contribution >= 0.6 is 0 Å². The summed E-state index contributed by atoms with van der Waals surface area (Å²) in [5, 5.41) is 0. The molecule has 0 aromatic heterocycles. The van der Waals surface area contributed by atoms with E-state index in [1.54, 1.807) is 0 Å². The number of benzene rings is 3. The Labute approximate surface area is 184 Å². The van der Waals surface area contributed by atoms with Gasteiger partial charge in [-0.2, -0.15) is 0 Å². The van der Waals surface area contributed by atoms with Crippen LogP contribution in [-0.4, -0.2) is 17.9 Å². The van der Waals surface area contributed by atoms with Gasteiger partial charge in [-0.15, -0.1) is 0 Å². The summed E-state index contributed by atoms with van der Waals surface area (Å²) in [6.45, 7) is 5.93. The Balaban J connectivity index is 1.81. The molecule has 4 heteroatoms. The van der Waals surface area contributed by atoms with Gasteiger partial charge in [0, 0.05) is 28.9 Å². The zero-order valence-corrected chi connectivity index (χ0v) is 18.2. The third-order valence-corrected chi connectivity index (χ3v) is 5.88. The Hall–Kier alpha value is -3.40. The van der Waals surface area contributed by atoms with Crippen LogP contribution in [0.3, 0.4) is 0 Å². The molecule has 158 valence electrons. The molecule has 0 saturated heterocycles. The summed E-state index contributed by atoms with van der Waals surface area (Å²) in [5.74, 6) is -0.0619. The second-order valence-corrected chi connectivity index (χ2v) is 8.40. The molecule has 2 atom stereocenters. The highest BCUT2D eigenvalue weighted by Gasteiger charge is 2.39. The van der Waals surface area contributed by atoms with Crippen LogP contribution in [0.25, 0.3) is 0 Å². The van der Waals surface area contributed by atoms with Gasteiger partial charge in [0.1, 0.15) is 0 Å². The fourth-order valence-corrected chi connectivity index (χ4v) is 4.38. The lowest BCUT2D eigenvalue weighted by molar-refractivity contribution is -0.122. The Bertz CT molecular complexity index is 1060. The number of carbonyl (C=O) groups is 2. The summed E-state index contributed by atoms with van der Waals surface area (Å²) in [7, 11) is 0. The number of anilines is 2. The molecule has 2 amide bonds. The Morgan fingerprint density at radius 2 is 1.45 bits per heavy atom. The largest absolute Gasteiger partial charge is 0.305 e. The van der Waals surface area contributed by atoms with Gasteiger partial charge in [0.15, 0.2) is 0 Å². The van der Waals surface area contributed by atoms with E-state index >= 15 is 0 Å². The van der Waals surface area contributed by atoms with Crippen molar-refractivity contribution in [3.05, 3.63) is 96.1 Å². The first kappa shape index (κ1) is 20.9. The van der Waals surface area contributed by atoms with Crippen LogP contribution in [0.15, 0.2) is 84.9 Å². The molecule has 0 spiro atoms. The van der Waals surface area contributed by atoms with Crippen LogP contribution in [0.5, 0.6) is 0 Å². The van der Waals surface area contributed by atoms with Crippen LogP contribution in [0, 0.1) is 5.92 Å². The monoisotopic (exact) mass is 412 g/mol. The van der Waals surface area contributed by atoms with Crippen LogP contribution in [0.2, 0.25) is 0 Å². The fourth-order valence-electron chi connectivity index (χ4n) is 4.38. The normalized spacial score (nSPS) is 17.9. The van der Waals surface area contributed by atoms with Crippen LogP contribution < -0.4 is 9.80 Å². The molecule has 1 aliphatic rings. The van der Waals surface area contributed by atoms with Crippen molar-refractivity contribution in [3.8, 4) is 0 Å². The van der Waals surface area contributed by atoms with E-state index in [1.807, 2.05) is 109 Å². The number of fused-ring (bicyclic) bond motifs is 1. The molecule has 1 aliphatic heterocycles. The van der Waals surface area contributed by atoms with Crippen LogP contribution in [0.4, 0.5) is 11.4 Å². The van der Waals surface area contributed by atoms with E-state index in [9.17, 15) is 9.59 Å². The highest BCUT2D eigenvalue weighted by molar-refractivity contribution is 6.07. The van der Waals surface area contributed by atoms with Gasteiger partial charge >= 0.3 is 0 Å². The van der Waals surface area contributed by atoms with Gasteiger partial charge < -0.3 is 9.80 Å². The Kier molecular flexibility index (Phi) is 5.90. The first-order valence-corrected chi connectivity index (χ1v) is 10.8. The van der Waals surface area contributed by atoms with E-state index in [0.717, 1.165) is 16.9 Å². The fraction of sp³-hybridized carbons (Fsp3) is 0.259. The van der Waals surface area contributed by atoms with Gasteiger partial charge in [-0.1, -0.05) is 68.4 Å². The minimum absolute atomic E-state index is 0.0135. The topological polar surface area (TPSA) is 40.6 Å². The molecule has 0 radical (unpaired) electrons. The summed E-state index contributed by atoms with van der Waals surface area (Å²) in [6.07, 6.45) is 0.670. The standard InChI is InChI=1S/C27H28N2O2/c1-19(2)26(30)29(22-14-8-5-9-15-22)25-18-20(3)28(24-17-11-10-16-23(24)25)27(31)21-12-6-4-7-13-21/h4-17,19-20,25H,18H2,1-3H3/t20-,25+/m1/s1. The predicted molar refractivity (Wildman–Crippen MR) is 125 cm³/mol. The quantitative estimate of drug-likeness (QED) is 0.539. The summed E-state index contributed by atoms with van der Waals surface area (Å²) in [6, 6.07) is 27.0. The molecule has 0 unspecified atom stereocenters. The molecular weight excluding hydrogens is 384 g/mol. The second-order valence-electron chi connectivity index (χ2n) is 8.40. The number of hydrogen-bond acceptors (Lipinski definition) is 2. The Morgan fingerprint density at radius 3 is 2.10 bits per heavy atom. The molecule has 4 nitrogen and oxygen atoms in total. The molecule has 0 N–H and O–H groups in total. The number of para-hydroxylation sites is 2. The third-order valence-electron chi connectivity index (χ3n) is 5.88. The van der Waals surface area contributed by atoms with Gasteiger partial charge in [-0.05, 0) is 49.2 Å². The first-order chi connectivity index (χ1) is 15.0. The van der Waals surface area contributed by atoms with E-state index in [4.69, 9.17) is 0 Å².